The first-order valence-electron chi connectivity index (χ1n) is 15.0. The zero-order valence-electron chi connectivity index (χ0n) is 24.4. The van der Waals surface area contributed by atoms with Crippen molar-refractivity contribution >= 4 is 49.4 Å². The Hall–Kier alpha value is -6.58. The molecular formula is C40H23N5O. The van der Waals surface area contributed by atoms with Crippen LogP contribution in [0.15, 0.2) is 144 Å². The topological polar surface area (TPSA) is 61.1 Å². The smallest absolute Gasteiger partial charge is 0.238 e. The Morgan fingerprint density at radius 2 is 1.20 bits per heavy atom. The maximum absolute atomic E-state index is 7.47. The van der Waals surface area contributed by atoms with Crippen LogP contribution in [0, 0.1) is 6.57 Å². The Kier molecular flexibility index (Phi) is 5.77. The molecule has 3 heterocycles. The third kappa shape index (κ3) is 4.07. The fraction of sp³-hybridized carbons (Fsp3) is 0. The van der Waals surface area contributed by atoms with Crippen LogP contribution in [0.25, 0.3) is 88.4 Å². The number of hydrogen-bond donors (Lipinski definition) is 0. The molecule has 0 fully saturated rings. The minimum absolute atomic E-state index is 0.549. The van der Waals surface area contributed by atoms with Crippen molar-refractivity contribution in [3.05, 3.63) is 151 Å². The number of aromatic nitrogens is 4. The van der Waals surface area contributed by atoms with Crippen LogP contribution in [0.5, 0.6) is 0 Å². The van der Waals surface area contributed by atoms with Gasteiger partial charge in [-0.05, 0) is 47.5 Å². The van der Waals surface area contributed by atoms with Crippen LogP contribution in [-0.2, 0) is 0 Å². The second-order valence-corrected chi connectivity index (χ2v) is 11.2. The molecule has 0 saturated heterocycles. The van der Waals surface area contributed by atoms with E-state index in [1.807, 2.05) is 91.0 Å². The van der Waals surface area contributed by atoms with Gasteiger partial charge in [0.25, 0.3) is 0 Å². The molecule has 3 aromatic heterocycles. The van der Waals surface area contributed by atoms with Crippen molar-refractivity contribution in [2.24, 2.45) is 0 Å². The molecule has 0 radical (unpaired) electrons. The molecular weight excluding hydrogens is 566 g/mol. The largest absolute Gasteiger partial charge is 0.456 e. The predicted molar refractivity (Wildman–Crippen MR) is 184 cm³/mol. The van der Waals surface area contributed by atoms with Gasteiger partial charge >= 0.3 is 0 Å². The van der Waals surface area contributed by atoms with Crippen molar-refractivity contribution in [3.8, 4) is 39.9 Å². The second-order valence-electron chi connectivity index (χ2n) is 11.2. The van der Waals surface area contributed by atoms with Gasteiger partial charge in [0.05, 0.1) is 17.6 Å². The van der Waals surface area contributed by atoms with Crippen LogP contribution in [-0.4, -0.2) is 19.5 Å². The van der Waals surface area contributed by atoms with Gasteiger partial charge in [0.15, 0.2) is 17.3 Å². The lowest BCUT2D eigenvalue weighted by Gasteiger charge is -2.11. The van der Waals surface area contributed by atoms with Gasteiger partial charge in [-0.15, -0.1) is 0 Å². The summed E-state index contributed by atoms with van der Waals surface area (Å²) in [5, 5.41) is 4.28. The van der Waals surface area contributed by atoms with E-state index in [4.69, 9.17) is 25.9 Å². The van der Waals surface area contributed by atoms with Crippen LogP contribution in [0.4, 0.5) is 5.69 Å². The van der Waals surface area contributed by atoms with Gasteiger partial charge in [-0.3, -0.25) is 4.57 Å². The van der Waals surface area contributed by atoms with Gasteiger partial charge in [-0.2, -0.15) is 9.97 Å². The second kappa shape index (κ2) is 10.3. The summed E-state index contributed by atoms with van der Waals surface area (Å²) in [5.41, 5.74) is 7.92. The number of fused-ring (bicyclic) bond motifs is 6. The number of benzene rings is 6. The van der Waals surface area contributed by atoms with E-state index in [9.17, 15) is 0 Å². The van der Waals surface area contributed by atoms with Crippen LogP contribution < -0.4 is 0 Å². The summed E-state index contributed by atoms with van der Waals surface area (Å²) in [7, 11) is 0. The number of furan rings is 1. The Balaban J connectivity index is 1.27. The lowest BCUT2D eigenvalue weighted by atomic mass is 9.98. The standard InChI is InChI=1S/C40H23N5O/c1-41-28-14-9-13-26(23-28)29-17-10-20-35-37(29)32-22-21-27(24-36(32)46-35)39-42-38(25-11-3-2-4-12-25)43-40(44-39)45-33-18-7-5-15-30(33)31-16-6-8-19-34(31)45/h2-24H. The maximum atomic E-state index is 7.47. The summed E-state index contributed by atoms with van der Waals surface area (Å²) in [5.74, 6) is 1.69. The third-order valence-corrected chi connectivity index (χ3v) is 8.48. The fourth-order valence-electron chi connectivity index (χ4n) is 6.40. The highest BCUT2D eigenvalue weighted by molar-refractivity contribution is 6.13. The van der Waals surface area contributed by atoms with Gasteiger partial charge in [0.1, 0.15) is 11.2 Å². The van der Waals surface area contributed by atoms with E-state index in [0.29, 0.717) is 23.3 Å². The van der Waals surface area contributed by atoms with Gasteiger partial charge in [0, 0.05) is 32.7 Å². The number of hydrogen-bond acceptors (Lipinski definition) is 4. The first kappa shape index (κ1) is 25.9. The summed E-state index contributed by atoms with van der Waals surface area (Å²) >= 11 is 0. The summed E-state index contributed by atoms with van der Waals surface area (Å²) in [4.78, 5) is 18.7. The average Bonchev–Trinajstić information content (AvgIpc) is 3.67. The van der Waals surface area contributed by atoms with E-state index >= 15 is 0 Å². The molecule has 0 unspecified atom stereocenters. The summed E-state index contributed by atoms with van der Waals surface area (Å²) in [6.45, 7) is 7.47. The Labute approximate surface area is 263 Å². The van der Waals surface area contributed by atoms with Crippen molar-refractivity contribution in [3.63, 3.8) is 0 Å². The Morgan fingerprint density at radius 3 is 1.96 bits per heavy atom. The highest BCUT2D eigenvalue weighted by atomic mass is 16.3. The van der Waals surface area contributed by atoms with Gasteiger partial charge in [-0.1, -0.05) is 103 Å². The molecule has 0 aliphatic heterocycles. The lowest BCUT2D eigenvalue weighted by molar-refractivity contribution is 0.669. The van der Waals surface area contributed by atoms with Crippen LogP contribution in [0.2, 0.25) is 0 Å². The van der Waals surface area contributed by atoms with Crippen molar-refractivity contribution in [2.75, 3.05) is 0 Å². The molecule has 0 amide bonds. The van der Waals surface area contributed by atoms with E-state index in [1.165, 1.54) is 0 Å². The van der Waals surface area contributed by atoms with Crippen LogP contribution >= 0.6 is 0 Å². The fourth-order valence-corrected chi connectivity index (χ4v) is 6.40. The van der Waals surface area contributed by atoms with Gasteiger partial charge in [-0.25, -0.2) is 9.83 Å². The highest BCUT2D eigenvalue weighted by Crippen LogP contribution is 2.39. The Morgan fingerprint density at radius 1 is 0.522 bits per heavy atom. The quantitative estimate of drug-likeness (QED) is 0.192. The minimum Gasteiger partial charge on any atom is -0.456 e. The first-order chi connectivity index (χ1) is 22.7. The molecule has 0 atom stereocenters. The third-order valence-electron chi connectivity index (χ3n) is 8.48. The van der Waals surface area contributed by atoms with Crippen LogP contribution in [0.3, 0.4) is 0 Å². The predicted octanol–water partition coefficient (Wildman–Crippen LogP) is 10.4. The van der Waals surface area contributed by atoms with Gasteiger partial charge in [0.2, 0.25) is 5.95 Å². The summed E-state index contributed by atoms with van der Waals surface area (Å²) < 4.78 is 8.55. The van der Waals surface area contributed by atoms with Crippen LogP contribution in [0.1, 0.15) is 0 Å². The summed E-state index contributed by atoms with van der Waals surface area (Å²) in [6.07, 6.45) is 0. The molecule has 0 bridgehead atoms. The number of nitrogens with zero attached hydrogens (tertiary/aromatic N) is 5. The molecule has 0 aliphatic carbocycles. The highest BCUT2D eigenvalue weighted by Gasteiger charge is 2.19. The zero-order chi connectivity index (χ0) is 30.6. The normalized spacial score (nSPS) is 11.5. The van der Waals surface area contributed by atoms with E-state index in [2.05, 4.69) is 57.9 Å². The summed E-state index contributed by atoms with van der Waals surface area (Å²) in [6, 6.07) is 46.5. The van der Waals surface area contributed by atoms with Crippen molar-refractivity contribution in [1.82, 2.24) is 19.5 Å². The van der Waals surface area contributed by atoms with Gasteiger partial charge < -0.3 is 4.42 Å². The van der Waals surface area contributed by atoms with Crippen molar-refractivity contribution in [1.29, 1.82) is 0 Å². The molecule has 0 N–H and O–H groups in total. The maximum Gasteiger partial charge on any atom is 0.238 e. The molecule has 9 rings (SSSR count). The molecule has 0 saturated carbocycles. The molecule has 9 aromatic rings. The molecule has 6 heteroatoms. The lowest BCUT2D eigenvalue weighted by Crippen LogP contribution is -2.06. The van der Waals surface area contributed by atoms with Crippen molar-refractivity contribution in [2.45, 2.75) is 0 Å². The van der Waals surface area contributed by atoms with E-state index < -0.39 is 0 Å². The molecule has 46 heavy (non-hydrogen) atoms. The minimum atomic E-state index is 0.549. The van der Waals surface area contributed by atoms with E-state index in [1.54, 1.807) is 0 Å². The van der Waals surface area contributed by atoms with Crippen molar-refractivity contribution < 1.29 is 4.42 Å². The SMILES string of the molecule is [C-]#[N+]c1cccc(-c2cccc3oc4cc(-c5nc(-c6ccccc6)nc(-n6c7ccccc7c7ccccc76)n5)ccc4c23)c1. The number of rotatable bonds is 4. The van der Waals surface area contributed by atoms with E-state index in [-0.39, 0.29) is 0 Å². The molecule has 6 aromatic carbocycles. The van der Waals surface area contributed by atoms with E-state index in [0.717, 1.165) is 66.0 Å². The molecule has 0 spiro atoms. The monoisotopic (exact) mass is 589 g/mol. The average molecular weight is 590 g/mol. The molecule has 0 aliphatic rings. The molecule has 214 valence electrons. The zero-order valence-corrected chi connectivity index (χ0v) is 24.4. The molecule has 6 nitrogen and oxygen atoms in total. The first-order valence-corrected chi connectivity index (χ1v) is 15.0. The Bertz CT molecular complexity index is 2610. The number of para-hydroxylation sites is 2.